The zero-order valence-electron chi connectivity index (χ0n) is 14.4. The Hall–Kier alpha value is -2.21. The van der Waals surface area contributed by atoms with Crippen LogP contribution >= 0.6 is 0 Å². The van der Waals surface area contributed by atoms with E-state index in [4.69, 9.17) is 9.72 Å². The summed E-state index contributed by atoms with van der Waals surface area (Å²) in [6.45, 7) is 4.70. The van der Waals surface area contributed by atoms with E-state index < -0.39 is 0 Å². The molecule has 0 aliphatic carbocycles. The maximum atomic E-state index is 12.4. The molecule has 2 aliphatic rings. The lowest BCUT2D eigenvalue weighted by Crippen LogP contribution is -2.42. The van der Waals surface area contributed by atoms with Crippen molar-refractivity contribution in [1.82, 2.24) is 14.9 Å². The number of fused-ring (bicyclic) bond motifs is 1. The number of hydrogen-bond donors (Lipinski definition) is 0. The fourth-order valence-corrected chi connectivity index (χ4v) is 3.65. The van der Waals surface area contributed by atoms with Gasteiger partial charge in [0.05, 0.1) is 30.4 Å². The van der Waals surface area contributed by atoms with E-state index in [2.05, 4.69) is 9.88 Å². The Bertz CT molecular complexity index is 737. The minimum absolute atomic E-state index is 0.284. The van der Waals surface area contributed by atoms with Gasteiger partial charge in [-0.25, -0.2) is 4.98 Å². The average Bonchev–Trinajstić information content (AvgIpc) is 2.69. The van der Waals surface area contributed by atoms with Crippen LogP contribution in [0.25, 0.3) is 11.0 Å². The Morgan fingerprint density at radius 3 is 2.56 bits per heavy atom. The largest absolute Gasteiger partial charge is 0.378 e. The van der Waals surface area contributed by atoms with Gasteiger partial charge in [0.15, 0.2) is 0 Å². The van der Waals surface area contributed by atoms with Gasteiger partial charge in [0, 0.05) is 32.6 Å². The number of nitrogens with zero attached hydrogens (tertiary/aromatic N) is 4. The summed E-state index contributed by atoms with van der Waals surface area (Å²) in [5.74, 6) is 1.70. The molecule has 3 heterocycles. The summed E-state index contributed by atoms with van der Waals surface area (Å²) in [6.07, 6.45) is 4.59. The topological polar surface area (TPSA) is 58.6 Å². The third kappa shape index (κ3) is 3.74. The summed E-state index contributed by atoms with van der Waals surface area (Å²) >= 11 is 0. The first kappa shape index (κ1) is 16.3. The first-order valence-electron chi connectivity index (χ1n) is 9.12. The molecule has 0 bridgehead atoms. The molecule has 2 aliphatic heterocycles. The number of carbonyl (C=O) groups excluding carboxylic acids is 1. The van der Waals surface area contributed by atoms with Gasteiger partial charge in [-0.1, -0.05) is 12.1 Å². The third-order valence-electron chi connectivity index (χ3n) is 5.20. The lowest BCUT2D eigenvalue weighted by atomic mass is 9.93. The number of aromatic nitrogens is 2. The minimum Gasteiger partial charge on any atom is -0.378 e. The third-order valence-corrected chi connectivity index (χ3v) is 5.20. The summed E-state index contributed by atoms with van der Waals surface area (Å²) in [5.41, 5.74) is 1.86. The second-order valence-corrected chi connectivity index (χ2v) is 6.84. The molecule has 132 valence electrons. The van der Waals surface area contributed by atoms with Crippen molar-refractivity contribution in [2.75, 3.05) is 44.3 Å². The van der Waals surface area contributed by atoms with Gasteiger partial charge >= 0.3 is 0 Å². The molecular formula is C19H24N4O2. The van der Waals surface area contributed by atoms with Gasteiger partial charge in [0.1, 0.15) is 5.82 Å². The van der Waals surface area contributed by atoms with Crippen LogP contribution in [0, 0.1) is 5.92 Å². The average molecular weight is 340 g/mol. The summed E-state index contributed by atoms with van der Waals surface area (Å²) in [5, 5.41) is 0. The molecule has 2 saturated heterocycles. The van der Waals surface area contributed by atoms with Crippen molar-refractivity contribution >= 4 is 22.8 Å². The SMILES string of the molecule is O=C(CC1CCN(c2cnc3ccccc3n2)CC1)N1CCOCC1. The molecule has 0 saturated carbocycles. The number of morpholine rings is 1. The van der Waals surface area contributed by atoms with Crippen molar-refractivity contribution in [3.05, 3.63) is 30.5 Å². The second-order valence-electron chi connectivity index (χ2n) is 6.84. The van der Waals surface area contributed by atoms with Crippen LogP contribution in [-0.4, -0.2) is 60.2 Å². The zero-order chi connectivity index (χ0) is 17.1. The number of benzene rings is 1. The summed E-state index contributed by atoms with van der Waals surface area (Å²) in [6, 6.07) is 7.95. The molecule has 0 atom stereocenters. The van der Waals surface area contributed by atoms with Crippen LogP contribution in [0.3, 0.4) is 0 Å². The number of para-hydroxylation sites is 2. The summed E-state index contributed by atoms with van der Waals surface area (Å²) in [7, 11) is 0. The van der Waals surface area contributed by atoms with Gasteiger partial charge in [0.25, 0.3) is 0 Å². The van der Waals surface area contributed by atoms with Gasteiger partial charge in [-0.15, -0.1) is 0 Å². The molecule has 0 radical (unpaired) electrons. The first-order valence-corrected chi connectivity index (χ1v) is 9.12. The van der Waals surface area contributed by atoms with Gasteiger partial charge in [-0.3, -0.25) is 9.78 Å². The van der Waals surface area contributed by atoms with E-state index in [1.165, 1.54) is 0 Å². The number of hydrogen-bond acceptors (Lipinski definition) is 5. The number of ether oxygens (including phenoxy) is 1. The second kappa shape index (κ2) is 7.35. The highest BCUT2D eigenvalue weighted by Gasteiger charge is 2.25. The molecule has 6 nitrogen and oxygen atoms in total. The standard InChI is InChI=1S/C19H24N4O2/c24-19(23-9-11-25-12-10-23)13-15-5-7-22(8-6-15)18-14-20-16-3-1-2-4-17(16)21-18/h1-4,14-15H,5-13H2. The van der Waals surface area contributed by atoms with Crippen molar-refractivity contribution in [3.63, 3.8) is 0 Å². The number of rotatable bonds is 3. The maximum Gasteiger partial charge on any atom is 0.223 e. The van der Waals surface area contributed by atoms with Gasteiger partial charge in [0.2, 0.25) is 5.91 Å². The smallest absolute Gasteiger partial charge is 0.223 e. The highest BCUT2D eigenvalue weighted by atomic mass is 16.5. The fourth-order valence-electron chi connectivity index (χ4n) is 3.65. The molecule has 2 aromatic rings. The highest BCUT2D eigenvalue weighted by molar-refractivity contribution is 5.77. The monoisotopic (exact) mass is 340 g/mol. The quantitative estimate of drug-likeness (QED) is 0.856. The van der Waals surface area contributed by atoms with Crippen LogP contribution in [0.1, 0.15) is 19.3 Å². The molecule has 2 fully saturated rings. The zero-order valence-corrected chi connectivity index (χ0v) is 14.4. The Kier molecular flexibility index (Phi) is 4.78. The van der Waals surface area contributed by atoms with E-state index >= 15 is 0 Å². The van der Waals surface area contributed by atoms with Crippen LogP contribution in [-0.2, 0) is 9.53 Å². The summed E-state index contributed by atoms with van der Waals surface area (Å²) < 4.78 is 5.32. The van der Waals surface area contributed by atoms with Crippen LogP contribution in [0.5, 0.6) is 0 Å². The molecule has 6 heteroatoms. The van der Waals surface area contributed by atoms with Crippen LogP contribution in [0.15, 0.2) is 30.5 Å². The fraction of sp³-hybridized carbons (Fsp3) is 0.526. The maximum absolute atomic E-state index is 12.4. The van der Waals surface area contributed by atoms with Gasteiger partial charge < -0.3 is 14.5 Å². The molecule has 0 spiro atoms. The molecule has 25 heavy (non-hydrogen) atoms. The molecule has 0 unspecified atom stereocenters. The number of carbonyl (C=O) groups is 1. The normalized spacial score (nSPS) is 19.4. The van der Waals surface area contributed by atoms with Crippen molar-refractivity contribution in [1.29, 1.82) is 0 Å². The Morgan fingerprint density at radius 1 is 1.08 bits per heavy atom. The summed E-state index contributed by atoms with van der Waals surface area (Å²) in [4.78, 5) is 25.9. The van der Waals surface area contributed by atoms with Crippen LogP contribution in [0.4, 0.5) is 5.82 Å². The Labute approximate surface area is 147 Å². The van der Waals surface area contributed by atoms with Crippen molar-refractivity contribution in [2.45, 2.75) is 19.3 Å². The number of amides is 1. The molecule has 0 N–H and O–H groups in total. The van der Waals surface area contributed by atoms with Crippen molar-refractivity contribution < 1.29 is 9.53 Å². The van der Waals surface area contributed by atoms with E-state index in [1.54, 1.807) is 0 Å². The minimum atomic E-state index is 0.284. The van der Waals surface area contributed by atoms with E-state index in [0.29, 0.717) is 25.6 Å². The lowest BCUT2D eigenvalue weighted by Gasteiger charge is -2.34. The van der Waals surface area contributed by atoms with Crippen molar-refractivity contribution in [2.24, 2.45) is 5.92 Å². The van der Waals surface area contributed by atoms with Gasteiger partial charge in [-0.05, 0) is 30.9 Å². The molecule has 1 aromatic heterocycles. The number of piperidine rings is 1. The predicted octanol–water partition coefficient (Wildman–Crippen LogP) is 2.10. The number of anilines is 1. The van der Waals surface area contributed by atoms with E-state index in [9.17, 15) is 4.79 Å². The molecule has 1 amide bonds. The Morgan fingerprint density at radius 2 is 1.80 bits per heavy atom. The molecule has 4 rings (SSSR count). The van der Waals surface area contributed by atoms with Gasteiger partial charge in [-0.2, -0.15) is 0 Å². The van der Waals surface area contributed by atoms with E-state index in [1.807, 2.05) is 35.4 Å². The predicted molar refractivity (Wildman–Crippen MR) is 96.5 cm³/mol. The Balaban J connectivity index is 1.33. The molecular weight excluding hydrogens is 316 g/mol. The molecule has 1 aromatic carbocycles. The van der Waals surface area contributed by atoms with Crippen LogP contribution < -0.4 is 4.90 Å². The van der Waals surface area contributed by atoms with E-state index in [0.717, 1.165) is 55.9 Å². The first-order chi connectivity index (χ1) is 12.3. The highest BCUT2D eigenvalue weighted by Crippen LogP contribution is 2.25. The van der Waals surface area contributed by atoms with E-state index in [-0.39, 0.29) is 5.91 Å². The van der Waals surface area contributed by atoms with Crippen molar-refractivity contribution in [3.8, 4) is 0 Å². The van der Waals surface area contributed by atoms with Crippen LogP contribution in [0.2, 0.25) is 0 Å². The lowest BCUT2D eigenvalue weighted by molar-refractivity contribution is -0.136.